The lowest BCUT2D eigenvalue weighted by Crippen LogP contribution is -2.36. The number of amides is 1. The molecule has 22 heavy (non-hydrogen) atoms. The minimum atomic E-state index is 0.175. The summed E-state index contributed by atoms with van der Waals surface area (Å²) in [5.41, 5.74) is 10.1. The molecule has 2 aromatic rings. The van der Waals surface area contributed by atoms with Crippen molar-refractivity contribution in [2.45, 2.75) is 25.8 Å². The van der Waals surface area contributed by atoms with E-state index in [9.17, 15) is 4.79 Å². The van der Waals surface area contributed by atoms with E-state index >= 15 is 0 Å². The van der Waals surface area contributed by atoms with Gasteiger partial charge >= 0.3 is 0 Å². The predicted octanol–water partition coefficient (Wildman–Crippen LogP) is 3.44. The zero-order valence-electron chi connectivity index (χ0n) is 12.4. The maximum Gasteiger partial charge on any atom is 0.223 e. The van der Waals surface area contributed by atoms with Crippen LogP contribution in [0.4, 0.5) is 5.69 Å². The molecule has 1 aliphatic heterocycles. The number of carbonyl (C=O) groups is 1. The molecular formula is C18H19ClN2O. The molecule has 3 nitrogen and oxygen atoms in total. The lowest BCUT2D eigenvalue weighted by Gasteiger charge is -2.29. The Balaban J connectivity index is 1.63. The van der Waals surface area contributed by atoms with Crippen LogP contribution in [0.15, 0.2) is 42.5 Å². The fraction of sp³-hybridized carbons (Fsp3) is 0.278. The Hall–Kier alpha value is -2.00. The van der Waals surface area contributed by atoms with Gasteiger partial charge in [0.05, 0.1) is 0 Å². The third kappa shape index (κ3) is 3.09. The second kappa shape index (κ2) is 6.41. The van der Waals surface area contributed by atoms with Crippen LogP contribution < -0.4 is 5.73 Å². The minimum Gasteiger partial charge on any atom is -0.399 e. The van der Waals surface area contributed by atoms with Gasteiger partial charge in [-0.15, -0.1) is 0 Å². The van der Waals surface area contributed by atoms with Gasteiger partial charge in [0.2, 0.25) is 5.91 Å². The summed E-state index contributed by atoms with van der Waals surface area (Å²) in [6.07, 6.45) is 2.00. The molecule has 0 fully saturated rings. The van der Waals surface area contributed by atoms with Gasteiger partial charge in [0, 0.05) is 30.2 Å². The first-order valence-corrected chi connectivity index (χ1v) is 7.90. The molecular weight excluding hydrogens is 296 g/mol. The summed E-state index contributed by atoms with van der Waals surface area (Å²) in [5.74, 6) is 0.175. The molecule has 0 radical (unpaired) electrons. The van der Waals surface area contributed by atoms with E-state index in [1.807, 2.05) is 41.3 Å². The van der Waals surface area contributed by atoms with Crippen molar-refractivity contribution in [3.05, 3.63) is 64.2 Å². The van der Waals surface area contributed by atoms with E-state index in [-0.39, 0.29) is 5.91 Å². The smallest absolute Gasteiger partial charge is 0.223 e. The second-order valence-corrected chi connectivity index (χ2v) is 6.05. The van der Waals surface area contributed by atoms with Crippen LogP contribution in [0.1, 0.15) is 23.1 Å². The first-order chi connectivity index (χ1) is 10.6. The summed E-state index contributed by atoms with van der Waals surface area (Å²) in [5, 5.41) is 0.807. The monoisotopic (exact) mass is 314 g/mol. The molecule has 1 amide bonds. The number of nitrogens with zero attached hydrogens (tertiary/aromatic N) is 1. The van der Waals surface area contributed by atoms with Crippen molar-refractivity contribution in [2.75, 3.05) is 12.3 Å². The van der Waals surface area contributed by atoms with Gasteiger partial charge < -0.3 is 10.6 Å². The fourth-order valence-corrected chi connectivity index (χ4v) is 3.23. The highest BCUT2D eigenvalue weighted by molar-refractivity contribution is 6.31. The molecule has 2 aromatic carbocycles. The molecule has 1 heterocycles. The van der Waals surface area contributed by atoms with Gasteiger partial charge in [0.1, 0.15) is 0 Å². The van der Waals surface area contributed by atoms with Crippen LogP contribution >= 0.6 is 11.6 Å². The number of aryl methyl sites for hydroxylation is 1. The van der Waals surface area contributed by atoms with Gasteiger partial charge in [-0.1, -0.05) is 41.9 Å². The Kier molecular flexibility index (Phi) is 4.34. The molecule has 0 saturated carbocycles. The number of anilines is 1. The lowest BCUT2D eigenvalue weighted by atomic mass is 9.99. The number of carbonyl (C=O) groups excluding carboxylic acids is 1. The number of benzene rings is 2. The zero-order valence-corrected chi connectivity index (χ0v) is 13.1. The van der Waals surface area contributed by atoms with Crippen molar-refractivity contribution in [1.82, 2.24) is 4.90 Å². The van der Waals surface area contributed by atoms with Crippen molar-refractivity contribution in [3.8, 4) is 0 Å². The molecule has 0 spiro atoms. The fourth-order valence-electron chi connectivity index (χ4n) is 2.94. The molecule has 3 rings (SSSR count). The van der Waals surface area contributed by atoms with Gasteiger partial charge in [-0.25, -0.2) is 0 Å². The van der Waals surface area contributed by atoms with Crippen LogP contribution in [0.25, 0.3) is 0 Å². The van der Waals surface area contributed by atoms with E-state index in [1.165, 1.54) is 5.56 Å². The van der Waals surface area contributed by atoms with Gasteiger partial charge in [-0.05, 0) is 41.7 Å². The summed E-state index contributed by atoms with van der Waals surface area (Å²) < 4.78 is 0. The molecule has 0 saturated heterocycles. The third-order valence-corrected chi connectivity index (χ3v) is 4.58. The first kappa shape index (κ1) is 14.9. The van der Waals surface area contributed by atoms with E-state index < -0.39 is 0 Å². The second-order valence-electron chi connectivity index (χ2n) is 5.64. The SMILES string of the molecule is Nc1ccccc1CCC(=O)N1CCc2c(Cl)cccc2C1. The molecule has 2 N–H and O–H groups in total. The number of halogens is 1. The lowest BCUT2D eigenvalue weighted by molar-refractivity contribution is -0.132. The highest BCUT2D eigenvalue weighted by Crippen LogP contribution is 2.26. The normalized spacial score (nSPS) is 13.8. The molecule has 0 aromatic heterocycles. The van der Waals surface area contributed by atoms with E-state index in [1.54, 1.807) is 0 Å². The van der Waals surface area contributed by atoms with Crippen LogP contribution in [0.3, 0.4) is 0 Å². The van der Waals surface area contributed by atoms with E-state index in [2.05, 4.69) is 6.07 Å². The average molecular weight is 315 g/mol. The predicted molar refractivity (Wildman–Crippen MR) is 89.7 cm³/mol. The molecule has 0 aliphatic carbocycles. The third-order valence-electron chi connectivity index (χ3n) is 4.22. The molecule has 0 unspecified atom stereocenters. The summed E-state index contributed by atoms with van der Waals surface area (Å²) in [6.45, 7) is 1.39. The Morgan fingerprint density at radius 2 is 2.00 bits per heavy atom. The molecule has 0 bridgehead atoms. The molecule has 0 atom stereocenters. The number of nitrogens with two attached hydrogens (primary N) is 1. The Labute approximate surface area is 135 Å². The maximum atomic E-state index is 12.4. The number of hydrogen-bond donors (Lipinski definition) is 1. The maximum absolute atomic E-state index is 12.4. The number of para-hydroxylation sites is 1. The number of fused-ring (bicyclic) bond motifs is 1. The highest BCUT2D eigenvalue weighted by atomic mass is 35.5. The summed E-state index contributed by atoms with van der Waals surface area (Å²) in [6, 6.07) is 13.6. The number of nitrogen functional groups attached to an aromatic ring is 1. The van der Waals surface area contributed by atoms with Crippen molar-refractivity contribution in [3.63, 3.8) is 0 Å². The highest BCUT2D eigenvalue weighted by Gasteiger charge is 2.21. The van der Waals surface area contributed by atoms with Crippen molar-refractivity contribution in [2.24, 2.45) is 0 Å². The van der Waals surface area contributed by atoms with E-state index in [4.69, 9.17) is 17.3 Å². The van der Waals surface area contributed by atoms with Crippen molar-refractivity contribution < 1.29 is 4.79 Å². The van der Waals surface area contributed by atoms with Gasteiger partial charge in [-0.3, -0.25) is 4.79 Å². The minimum absolute atomic E-state index is 0.175. The zero-order chi connectivity index (χ0) is 15.5. The number of rotatable bonds is 3. The Bertz CT molecular complexity index is 699. The quantitative estimate of drug-likeness (QED) is 0.882. The van der Waals surface area contributed by atoms with Crippen LogP contribution in [0.2, 0.25) is 5.02 Å². The Morgan fingerprint density at radius 1 is 1.18 bits per heavy atom. The Morgan fingerprint density at radius 3 is 2.82 bits per heavy atom. The summed E-state index contributed by atoms with van der Waals surface area (Å²) >= 11 is 6.21. The van der Waals surface area contributed by atoms with Crippen molar-refractivity contribution in [1.29, 1.82) is 0 Å². The molecule has 114 valence electrons. The van der Waals surface area contributed by atoms with E-state index in [0.717, 1.165) is 34.8 Å². The van der Waals surface area contributed by atoms with Gasteiger partial charge in [0.15, 0.2) is 0 Å². The van der Waals surface area contributed by atoms with Crippen LogP contribution in [-0.4, -0.2) is 17.4 Å². The van der Waals surface area contributed by atoms with Gasteiger partial charge in [-0.2, -0.15) is 0 Å². The largest absolute Gasteiger partial charge is 0.399 e. The molecule has 4 heteroatoms. The average Bonchev–Trinajstić information content (AvgIpc) is 2.54. The van der Waals surface area contributed by atoms with Crippen molar-refractivity contribution >= 4 is 23.2 Å². The topological polar surface area (TPSA) is 46.3 Å². The van der Waals surface area contributed by atoms with Crippen LogP contribution in [0.5, 0.6) is 0 Å². The summed E-state index contributed by atoms with van der Waals surface area (Å²) in [7, 11) is 0. The standard InChI is InChI=1S/C18H19ClN2O/c19-16-6-3-5-14-12-21(11-10-15(14)16)18(22)9-8-13-4-1-2-7-17(13)20/h1-7H,8-12,20H2. The van der Waals surface area contributed by atoms with Crippen LogP contribution in [-0.2, 0) is 24.2 Å². The van der Waals surface area contributed by atoms with Gasteiger partial charge in [0.25, 0.3) is 0 Å². The summed E-state index contributed by atoms with van der Waals surface area (Å²) in [4.78, 5) is 14.3. The number of hydrogen-bond acceptors (Lipinski definition) is 2. The molecule has 1 aliphatic rings. The first-order valence-electron chi connectivity index (χ1n) is 7.52. The van der Waals surface area contributed by atoms with E-state index in [0.29, 0.717) is 19.4 Å². The van der Waals surface area contributed by atoms with Crippen LogP contribution in [0, 0.1) is 0 Å².